The zero-order valence-electron chi connectivity index (χ0n) is 29.8. The molecule has 2 aromatic rings. The minimum Gasteiger partial charge on any atom is -0.540 e. The Hall–Kier alpha value is -3.29. The number of hydrogen-bond acceptors (Lipinski definition) is 6. The quantitative estimate of drug-likeness (QED) is 0.152. The first-order valence-electron chi connectivity index (χ1n) is 16.2. The summed E-state index contributed by atoms with van der Waals surface area (Å²) in [6.45, 7) is 24.7. The van der Waals surface area contributed by atoms with Crippen molar-refractivity contribution in [2.24, 2.45) is 0 Å². The summed E-state index contributed by atoms with van der Waals surface area (Å²) >= 11 is 0. The Kier molecular flexibility index (Phi) is 11.5. The van der Waals surface area contributed by atoms with Crippen molar-refractivity contribution in [2.75, 3.05) is 24.8 Å². The number of nitrogens with zero attached hydrogens (tertiary/aromatic N) is 1. The van der Waals surface area contributed by atoms with E-state index in [2.05, 4.69) is 80.7 Å². The fourth-order valence-corrected chi connectivity index (χ4v) is 12.6. The van der Waals surface area contributed by atoms with Crippen LogP contribution in [0.15, 0.2) is 42.6 Å². The van der Waals surface area contributed by atoms with Crippen LogP contribution >= 0.6 is 0 Å². The molecule has 0 radical (unpaired) electrons. The first-order valence-corrected chi connectivity index (χ1v) is 21.2. The van der Waals surface area contributed by atoms with Crippen LogP contribution in [0, 0.1) is 0 Å². The topological polar surface area (TPSA) is 123 Å². The number of hydrogen-bond donors (Lipinski definition) is 3. The van der Waals surface area contributed by atoms with E-state index in [9.17, 15) is 9.59 Å². The van der Waals surface area contributed by atoms with Gasteiger partial charge in [-0.15, -0.1) is 0 Å². The molecule has 2 aromatic carbocycles. The molecule has 0 aromatic heterocycles. The minimum atomic E-state index is -2.31. The van der Waals surface area contributed by atoms with Crippen LogP contribution in [0.4, 0.5) is 16.2 Å². The monoisotopic (exact) mass is 669 g/mol. The summed E-state index contributed by atoms with van der Waals surface area (Å²) in [4.78, 5) is 27.1. The van der Waals surface area contributed by atoms with Gasteiger partial charge in [-0.1, -0.05) is 74.4 Å². The van der Waals surface area contributed by atoms with E-state index >= 15 is 0 Å². The number of methoxy groups -OCH3 is 1. The fraction of sp³-hybridized carbons (Fsp3) is 0.543. The molecule has 1 aliphatic rings. The Bertz CT molecular complexity index is 1410. The van der Waals surface area contributed by atoms with Crippen molar-refractivity contribution in [3.63, 3.8) is 0 Å². The molecule has 46 heavy (non-hydrogen) atoms. The van der Waals surface area contributed by atoms with E-state index in [-0.39, 0.29) is 17.0 Å². The van der Waals surface area contributed by atoms with E-state index in [1.165, 1.54) is 0 Å². The Morgan fingerprint density at radius 1 is 1.00 bits per heavy atom. The second-order valence-electron chi connectivity index (χ2n) is 14.8. The summed E-state index contributed by atoms with van der Waals surface area (Å²) in [6.07, 6.45) is 1.32. The summed E-state index contributed by atoms with van der Waals surface area (Å²) in [6, 6.07) is 10.3. The SMILES string of the molecule is COc1cc(C(=O)N2C=C(c3ccc(NC(=O)O)cc3)CC2CO[Si](C)(C)C(C)(C)C)c(N)cc1O[Si](C(C)C)(C(C)C)C(C)C. The predicted octanol–water partition coefficient (Wildman–Crippen LogP) is 9.20. The average Bonchev–Trinajstić information content (AvgIpc) is 3.37. The van der Waals surface area contributed by atoms with E-state index in [0.29, 0.717) is 58.1 Å². The Labute approximate surface area is 277 Å². The maximum Gasteiger partial charge on any atom is 0.409 e. The van der Waals surface area contributed by atoms with E-state index in [1.807, 2.05) is 18.3 Å². The van der Waals surface area contributed by atoms with E-state index in [1.54, 1.807) is 36.3 Å². The molecule has 0 bridgehead atoms. The van der Waals surface area contributed by atoms with Gasteiger partial charge in [-0.05, 0) is 70.5 Å². The number of benzene rings is 2. The predicted molar refractivity (Wildman–Crippen MR) is 193 cm³/mol. The molecule has 9 nitrogen and oxygen atoms in total. The molecule has 254 valence electrons. The number of ether oxygens (including phenoxy) is 1. The largest absolute Gasteiger partial charge is 0.540 e. The van der Waals surface area contributed by atoms with Gasteiger partial charge in [0.1, 0.15) is 5.75 Å². The molecule has 1 unspecified atom stereocenters. The molecule has 0 saturated carbocycles. The van der Waals surface area contributed by atoms with Crippen molar-refractivity contribution >= 4 is 45.6 Å². The minimum absolute atomic E-state index is 0.0117. The van der Waals surface area contributed by atoms with Gasteiger partial charge < -0.3 is 29.3 Å². The van der Waals surface area contributed by atoms with Gasteiger partial charge in [0.25, 0.3) is 14.2 Å². The van der Waals surface area contributed by atoms with Gasteiger partial charge in [0.15, 0.2) is 14.1 Å². The number of carboxylic acid groups (broad SMARTS) is 1. The molecule has 0 saturated heterocycles. The normalized spacial score (nSPS) is 15.8. The molecule has 0 fully saturated rings. The Balaban J connectivity index is 2.04. The van der Waals surface area contributed by atoms with Gasteiger partial charge in [0, 0.05) is 23.6 Å². The van der Waals surface area contributed by atoms with Crippen LogP contribution in [0.25, 0.3) is 5.57 Å². The summed E-state index contributed by atoms with van der Waals surface area (Å²) in [7, 11) is -2.84. The average molecular weight is 670 g/mol. The molecule has 1 atom stereocenters. The molecule has 11 heteroatoms. The fourth-order valence-electron chi connectivity index (χ4n) is 6.33. The number of carbonyl (C=O) groups excluding carboxylic acids is 1. The first-order chi connectivity index (χ1) is 21.2. The number of amides is 2. The summed E-state index contributed by atoms with van der Waals surface area (Å²) in [5.74, 6) is 0.811. The zero-order chi connectivity index (χ0) is 34.8. The first kappa shape index (κ1) is 37.2. The van der Waals surface area contributed by atoms with Crippen LogP contribution in [-0.4, -0.2) is 58.4 Å². The van der Waals surface area contributed by atoms with Crippen LogP contribution in [-0.2, 0) is 4.43 Å². The number of nitrogens with one attached hydrogen (secondary N) is 1. The molecule has 1 aliphatic heterocycles. The van der Waals surface area contributed by atoms with Crippen LogP contribution < -0.4 is 20.2 Å². The van der Waals surface area contributed by atoms with Crippen molar-refractivity contribution in [3.05, 3.63) is 53.7 Å². The smallest absolute Gasteiger partial charge is 0.409 e. The van der Waals surface area contributed by atoms with E-state index < -0.39 is 22.7 Å². The Morgan fingerprint density at radius 3 is 2.04 bits per heavy atom. The molecule has 0 spiro atoms. The van der Waals surface area contributed by atoms with Crippen LogP contribution in [0.5, 0.6) is 11.5 Å². The molecule has 0 aliphatic carbocycles. The summed E-state index contributed by atoms with van der Waals surface area (Å²) in [5.41, 5.74) is 10.7. The highest BCUT2D eigenvalue weighted by Crippen LogP contribution is 2.46. The van der Waals surface area contributed by atoms with Crippen molar-refractivity contribution in [1.29, 1.82) is 0 Å². The molecule has 3 rings (SSSR count). The lowest BCUT2D eigenvalue weighted by atomic mass is 10.0. The van der Waals surface area contributed by atoms with Crippen LogP contribution in [0.2, 0.25) is 34.8 Å². The number of carbonyl (C=O) groups is 2. The lowest BCUT2D eigenvalue weighted by Crippen LogP contribution is -2.50. The van der Waals surface area contributed by atoms with Gasteiger partial charge in [0.2, 0.25) is 0 Å². The molecule has 1 heterocycles. The van der Waals surface area contributed by atoms with Gasteiger partial charge in [0.05, 0.1) is 25.3 Å². The highest BCUT2D eigenvalue weighted by molar-refractivity contribution is 6.78. The second kappa shape index (κ2) is 14.2. The maximum atomic E-state index is 14.3. The number of nitrogens with two attached hydrogens (primary N) is 1. The number of rotatable bonds is 12. The zero-order valence-corrected chi connectivity index (χ0v) is 31.8. The van der Waals surface area contributed by atoms with Gasteiger partial charge in [-0.3, -0.25) is 10.1 Å². The highest BCUT2D eigenvalue weighted by atomic mass is 28.4. The summed E-state index contributed by atoms with van der Waals surface area (Å²) < 4.78 is 19.4. The molecular formula is C35H55N3O6Si2. The standard InChI is InChI=1S/C35H55N3O6Si2/c1-22(2)46(23(3)4,24(5)6)44-32-19-30(36)29(18-31(32)42-10)33(39)38-20-26(25-13-15-27(16-14-25)37-34(40)41)17-28(38)21-43-45(11,12)35(7,8)9/h13-16,18-20,22-24,28,37H,17,21,36H2,1-12H3,(H,40,41). The van der Waals surface area contributed by atoms with Crippen molar-refractivity contribution < 1.29 is 28.3 Å². The third kappa shape index (κ3) is 7.80. The Morgan fingerprint density at radius 2 is 1.57 bits per heavy atom. The number of anilines is 2. The third-order valence-electron chi connectivity index (χ3n) is 9.89. The van der Waals surface area contributed by atoms with E-state index in [0.717, 1.165) is 11.1 Å². The van der Waals surface area contributed by atoms with Crippen LogP contribution in [0.1, 0.15) is 84.7 Å². The lowest BCUT2D eigenvalue weighted by Gasteiger charge is -2.42. The van der Waals surface area contributed by atoms with Gasteiger partial charge in [-0.25, -0.2) is 4.79 Å². The van der Waals surface area contributed by atoms with Crippen molar-refractivity contribution in [1.82, 2.24) is 4.90 Å². The van der Waals surface area contributed by atoms with Gasteiger partial charge in [-0.2, -0.15) is 0 Å². The highest BCUT2D eigenvalue weighted by Gasteiger charge is 2.47. The molecule has 2 amide bonds. The van der Waals surface area contributed by atoms with E-state index in [4.69, 9.17) is 24.4 Å². The third-order valence-corrected chi connectivity index (χ3v) is 20.4. The van der Waals surface area contributed by atoms with Crippen molar-refractivity contribution in [3.8, 4) is 11.5 Å². The lowest BCUT2D eigenvalue weighted by molar-refractivity contribution is 0.0738. The molecule has 4 N–H and O–H groups in total. The number of nitrogen functional groups attached to an aromatic ring is 1. The van der Waals surface area contributed by atoms with Crippen LogP contribution in [0.3, 0.4) is 0 Å². The van der Waals surface area contributed by atoms with Crippen molar-refractivity contribution in [2.45, 2.75) is 110 Å². The molecular weight excluding hydrogens is 615 g/mol. The van der Waals surface area contributed by atoms with Gasteiger partial charge >= 0.3 is 6.09 Å². The second-order valence-corrected chi connectivity index (χ2v) is 25.0. The maximum absolute atomic E-state index is 14.3. The summed E-state index contributed by atoms with van der Waals surface area (Å²) in [5, 5.41) is 11.5.